The number of aromatic nitrogens is 6. The molecule has 1 aliphatic rings. The van der Waals surface area contributed by atoms with E-state index >= 15 is 0 Å². The van der Waals surface area contributed by atoms with Crippen LogP contribution in [0.5, 0.6) is 0 Å². The Hall–Kier alpha value is -2.50. The lowest BCUT2D eigenvalue weighted by molar-refractivity contribution is -0.142. The fraction of sp³-hybridized carbons (Fsp3) is 0.310. The number of thioether (sulfide) groups is 2. The Morgan fingerprint density at radius 2 is 1.69 bits per heavy atom. The molecule has 5 aromatic rings. The first-order valence-corrected chi connectivity index (χ1v) is 19.0. The van der Waals surface area contributed by atoms with Gasteiger partial charge in [-0.2, -0.15) is 0 Å². The van der Waals surface area contributed by atoms with E-state index in [0.717, 1.165) is 35.8 Å². The van der Waals surface area contributed by atoms with Crippen LogP contribution < -0.4 is 0 Å². The number of rotatable bonds is 13. The molecule has 45 heavy (non-hydrogen) atoms. The van der Waals surface area contributed by atoms with Crippen molar-refractivity contribution in [2.24, 2.45) is 5.92 Å². The van der Waals surface area contributed by atoms with Crippen LogP contribution in [-0.2, 0) is 19.1 Å². The minimum absolute atomic E-state index is 0.138. The van der Waals surface area contributed by atoms with Gasteiger partial charge >= 0.3 is 11.9 Å². The molecule has 10 nitrogen and oxygen atoms in total. The van der Waals surface area contributed by atoms with Crippen LogP contribution in [0.3, 0.4) is 0 Å². The highest BCUT2D eigenvalue weighted by atomic mass is 79.9. The molecule has 234 valence electrons. The van der Waals surface area contributed by atoms with E-state index in [-0.39, 0.29) is 23.6 Å². The summed E-state index contributed by atoms with van der Waals surface area (Å²) in [5.74, 6) is 0.117. The molecule has 0 bridgehead atoms. The van der Waals surface area contributed by atoms with E-state index in [1.807, 2.05) is 39.5 Å². The van der Waals surface area contributed by atoms with Crippen molar-refractivity contribution >= 4 is 90.0 Å². The zero-order chi connectivity index (χ0) is 31.5. The van der Waals surface area contributed by atoms with Gasteiger partial charge in [0.15, 0.2) is 10.3 Å². The van der Waals surface area contributed by atoms with Crippen molar-refractivity contribution < 1.29 is 19.1 Å². The van der Waals surface area contributed by atoms with Crippen molar-refractivity contribution in [1.82, 2.24) is 29.5 Å². The molecule has 1 fully saturated rings. The van der Waals surface area contributed by atoms with Gasteiger partial charge in [0.2, 0.25) is 0 Å². The van der Waals surface area contributed by atoms with Crippen LogP contribution in [0.2, 0.25) is 0 Å². The second kappa shape index (κ2) is 14.5. The summed E-state index contributed by atoms with van der Waals surface area (Å²) in [4.78, 5) is 27.1. The summed E-state index contributed by atoms with van der Waals surface area (Å²) >= 11 is 13.3. The lowest BCUT2D eigenvalue weighted by Crippen LogP contribution is -2.17. The van der Waals surface area contributed by atoms with Gasteiger partial charge in [0, 0.05) is 25.7 Å². The molecule has 1 aromatic carbocycles. The second-order valence-electron chi connectivity index (χ2n) is 9.98. The van der Waals surface area contributed by atoms with Gasteiger partial charge in [-0.25, -0.2) is 0 Å². The maximum Gasteiger partial charge on any atom is 0.319 e. The fourth-order valence-corrected chi connectivity index (χ4v) is 10.2. The van der Waals surface area contributed by atoms with E-state index in [1.54, 1.807) is 49.2 Å². The van der Waals surface area contributed by atoms with Crippen LogP contribution in [0, 0.1) is 5.92 Å². The number of ether oxygens (including phenoxy) is 2. The molecular weight excluding hydrogens is 784 g/mol. The van der Waals surface area contributed by atoms with Gasteiger partial charge in [0.1, 0.15) is 27.9 Å². The molecule has 0 aliphatic heterocycles. The highest BCUT2D eigenvalue weighted by molar-refractivity contribution is 9.11. The molecule has 0 saturated heterocycles. The molecule has 4 aromatic heterocycles. The average Bonchev–Trinajstić information content (AvgIpc) is 3.46. The van der Waals surface area contributed by atoms with E-state index in [0.29, 0.717) is 29.4 Å². The molecule has 16 heteroatoms. The van der Waals surface area contributed by atoms with Crippen molar-refractivity contribution in [2.75, 3.05) is 19.0 Å². The number of halogens is 2. The molecule has 0 amide bonds. The van der Waals surface area contributed by atoms with Crippen LogP contribution in [0.25, 0.3) is 20.4 Å². The molecule has 0 spiro atoms. The minimum Gasteiger partial charge on any atom is -0.465 e. The topological polar surface area (TPSA) is 114 Å². The SMILES string of the molecule is CCOC(=O)C(C)Sc1nncn1-c1cc(Br)c(C2CC2COC(=O)CSc2nncn2-c2cc(Br)c(-c3ccccc3)s2)s1. The standard InChI is InChI=1S/C29H26Br2N6O4S4/c1-3-40-27(39)16(2)43-29-35-33-15-37(29)23-11-21(31)26(45-23)19-9-18(19)12-41-24(38)13-42-28-34-32-14-36(28)22-10-20(30)25(44-22)17-7-5-4-6-8-17/h4-8,10-11,14-16,18-19H,3,9,12-13H2,1-2H3. The van der Waals surface area contributed by atoms with Crippen LogP contribution in [0.4, 0.5) is 0 Å². The van der Waals surface area contributed by atoms with Crippen molar-refractivity contribution in [3.63, 3.8) is 0 Å². The predicted molar refractivity (Wildman–Crippen MR) is 184 cm³/mol. The van der Waals surface area contributed by atoms with Crippen LogP contribution >= 0.6 is 78.1 Å². The number of benzene rings is 1. The van der Waals surface area contributed by atoms with Crippen molar-refractivity contribution in [3.05, 3.63) is 68.9 Å². The quantitative estimate of drug-likeness (QED) is 0.0869. The molecule has 1 aliphatic carbocycles. The van der Waals surface area contributed by atoms with Crippen molar-refractivity contribution in [3.8, 4) is 20.4 Å². The van der Waals surface area contributed by atoms with Gasteiger partial charge in [-0.3, -0.25) is 18.7 Å². The first kappa shape index (κ1) is 32.4. The van der Waals surface area contributed by atoms with Gasteiger partial charge < -0.3 is 9.47 Å². The Bertz CT molecular complexity index is 1810. The number of hydrogen-bond acceptors (Lipinski definition) is 12. The van der Waals surface area contributed by atoms with Gasteiger partial charge in [0.25, 0.3) is 0 Å². The molecule has 0 radical (unpaired) electrons. The molecule has 6 rings (SSSR count). The number of carbonyl (C=O) groups is 2. The number of nitrogens with zero attached hydrogens (tertiary/aromatic N) is 6. The summed E-state index contributed by atoms with van der Waals surface area (Å²) in [6.45, 7) is 4.28. The zero-order valence-electron chi connectivity index (χ0n) is 24.0. The van der Waals surface area contributed by atoms with Gasteiger partial charge in [0.05, 0.1) is 23.8 Å². The molecule has 3 atom stereocenters. The van der Waals surface area contributed by atoms with E-state index in [2.05, 4.69) is 64.4 Å². The van der Waals surface area contributed by atoms with Crippen molar-refractivity contribution in [1.29, 1.82) is 0 Å². The monoisotopic (exact) mass is 808 g/mol. The fourth-order valence-electron chi connectivity index (χ4n) is 4.52. The van der Waals surface area contributed by atoms with Gasteiger partial charge in [-0.05, 0) is 69.8 Å². The Labute approximate surface area is 292 Å². The minimum atomic E-state index is -0.405. The Morgan fingerprint density at radius 3 is 2.44 bits per heavy atom. The van der Waals surface area contributed by atoms with Crippen LogP contribution in [0.1, 0.15) is 31.1 Å². The third kappa shape index (κ3) is 7.57. The molecule has 4 heterocycles. The Morgan fingerprint density at radius 1 is 1.00 bits per heavy atom. The van der Waals surface area contributed by atoms with E-state index in [4.69, 9.17) is 9.47 Å². The first-order valence-electron chi connectivity index (χ1n) is 13.9. The molecule has 1 saturated carbocycles. The summed E-state index contributed by atoms with van der Waals surface area (Å²) in [7, 11) is 0. The highest BCUT2D eigenvalue weighted by Crippen LogP contribution is 2.53. The summed E-state index contributed by atoms with van der Waals surface area (Å²) in [6, 6.07) is 14.2. The summed E-state index contributed by atoms with van der Waals surface area (Å²) < 4.78 is 16.5. The first-order chi connectivity index (χ1) is 21.8. The summed E-state index contributed by atoms with van der Waals surface area (Å²) in [5.41, 5.74) is 1.12. The van der Waals surface area contributed by atoms with Crippen molar-refractivity contribution in [2.45, 2.75) is 41.7 Å². The predicted octanol–water partition coefficient (Wildman–Crippen LogP) is 7.65. The van der Waals surface area contributed by atoms with Crippen LogP contribution in [-0.4, -0.2) is 65.7 Å². The average molecular weight is 811 g/mol. The summed E-state index contributed by atoms with van der Waals surface area (Å²) in [5, 5.41) is 19.3. The number of hydrogen-bond donors (Lipinski definition) is 0. The van der Waals surface area contributed by atoms with E-state index in [9.17, 15) is 9.59 Å². The molecule has 0 N–H and O–H groups in total. The lowest BCUT2D eigenvalue weighted by atomic mass is 10.2. The van der Waals surface area contributed by atoms with E-state index < -0.39 is 5.25 Å². The lowest BCUT2D eigenvalue weighted by Gasteiger charge is -2.09. The second-order valence-corrected chi connectivity index (χ2v) is 16.0. The largest absolute Gasteiger partial charge is 0.465 e. The van der Waals surface area contributed by atoms with Gasteiger partial charge in [-0.15, -0.1) is 43.1 Å². The Kier molecular flexibility index (Phi) is 10.5. The third-order valence-electron chi connectivity index (χ3n) is 6.86. The maximum absolute atomic E-state index is 12.7. The van der Waals surface area contributed by atoms with Crippen LogP contribution in [0.15, 0.2) is 74.4 Å². The molecule has 3 unspecified atom stereocenters. The number of thiophene rings is 2. The number of esters is 2. The normalized spacial score (nSPS) is 16.4. The third-order valence-corrected chi connectivity index (χ3v) is 13.1. The highest BCUT2D eigenvalue weighted by Gasteiger charge is 2.42. The maximum atomic E-state index is 12.7. The molecular formula is C29H26Br2N6O4S4. The smallest absolute Gasteiger partial charge is 0.319 e. The Balaban J connectivity index is 1.01. The van der Waals surface area contributed by atoms with E-state index in [1.165, 1.54) is 28.4 Å². The zero-order valence-corrected chi connectivity index (χ0v) is 30.4. The van der Waals surface area contributed by atoms with Gasteiger partial charge in [-0.1, -0.05) is 53.9 Å². The summed E-state index contributed by atoms with van der Waals surface area (Å²) in [6.07, 6.45) is 4.24. The number of carbonyl (C=O) groups excluding carboxylic acids is 2.